The van der Waals surface area contributed by atoms with Crippen LogP contribution in [0, 0.1) is 0 Å². The number of hydrogen-bond donors (Lipinski definition) is 0. The Balaban J connectivity index is 1.49. The number of aryl methyl sites for hydroxylation is 1. The van der Waals surface area contributed by atoms with Crippen LogP contribution in [0.5, 0.6) is 11.5 Å². The smallest absolute Gasteiger partial charge is 0.142 e. The molecule has 1 fully saturated rings. The van der Waals surface area contributed by atoms with Crippen molar-refractivity contribution in [3.05, 3.63) is 54.1 Å². The molecule has 0 aromatic heterocycles. The van der Waals surface area contributed by atoms with Gasteiger partial charge >= 0.3 is 0 Å². The fourth-order valence-electron chi connectivity index (χ4n) is 3.64. The number of rotatable bonds is 7. The number of benzene rings is 2. The lowest BCUT2D eigenvalue weighted by atomic mass is 10.0. The van der Waals surface area contributed by atoms with E-state index in [-0.39, 0.29) is 0 Å². The van der Waals surface area contributed by atoms with Crippen molar-refractivity contribution >= 4 is 5.69 Å². The van der Waals surface area contributed by atoms with E-state index < -0.39 is 0 Å². The van der Waals surface area contributed by atoms with Gasteiger partial charge < -0.3 is 14.4 Å². The van der Waals surface area contributed by atoms with Crippen molar-refractivity contribution in [2.45, 2.75) is 25.8 Å². The minimum atomic E-state index is 0.594. The molecule has 2 aromatic carbocycles. The Labute approximate surface area is 157 Å². The molecule has 0 aliphatic carbocycles. The van der Waals surface area contributed by atoms with Gasteiger partial charge in [-0.15, -0.1) is 0 Å². The molecule has 2 aromatic rings. The first-order valence-corrected chi connectivity index (χ1v) is 9.46. The molecule has 0 saturated carbocycles. The quantitative estimate of drug-likeness (QED) is 0.754. The molecule has 0 bridgehead atoms. The average molecular weight is 354 g/mol. The molecule has 1 atom stereocenters. The van der Waals surface area contributed by atoms with E-state index in [9.17, 15) is 0 Å². The lowest BCUT2D eigenvalue weighted by molar-refractivity contribution is 0.188. The summed E-state index contributed by atoms with van der Waals surface area (Å²) in [5.74, 6) is 1.89. The van der Waals surface area contributed by atoms with Crippen molar-refractivity contribution in [3.8, 4) is 11.5 Å². The molecular weight excluding hydrogens is 324 g/mol. The molecule has 1 unspecified atom stereocenters. The van der Waals surface area contributed by atoms with Crippen molar-refractivity contribution in [2.24, 2.45) is 0 Å². The van der Waals surface area contributed by atoms with E-state index in [4.69, 9.17) is 9.47 Å². The van der Waals surface area contributed by atoms with Gasteiger partial charge in [0, 0.05) is 32.2 Å². The molecule has 1 aliphatic heterocycles. The normalized spacial score (nSPS) is 16.3. The summed E-state index contributed by atoms with van der Waals surface area (Å²) in [5.41, 5.74) is 2.59. The topological polar surface area (TPSA) is 24.9 Å². The van der Waals surface area contributed by atoms with Gasteiger partial charge in [0.15, 0.2) is 0 Å². The third kappa shape index (κ3) is 4.50. The highest BCUT2D eigenvalue weighted by Crippen LogP contribution is 2.28. The highest BCUT2D eigenvalue weighted by molar-refractivity contribution is 5.58. The summed E-state index contributed by atoms with van der Waals surface area (Å²) in [7, 11) is 3.46. The third-order valence-electron chi connectivity index (χ3n) is 5.37. The van der Waals surface area contributed by atoms with Gasteiger partial charge in [-0.3, -0.25) is 4.90 Å². The molecular formula is C22H30N2O2. The standard InChI is InChI=1S/C22H30N2O2/c1-18(8-9-19-10-12-20(25-2)13-11-19)23-14-16-24(17-15-23)21-6-4-5-7-22(21)26-3/h4-7,10-13,18H,8-9,14-17H2,1-3H3. The van der Waals surface area contributed by atoms with E-state index in [0.717, 1.165) is 44.1 Å². The number of hydrogen-bond acceptors (Lipinski definition) is 4. The molecule has 0 amide bonds. The number of nitrogens with zero attached hydrogens (tertiary/aromatic N) is 2. The zero-order chi connectivity index (χ0) is 18.4. The lowest BCUT2D eigenvalue weighted by Gasteiger charge is -2.39. The van der Waals surface area contributed by atoms with Crippen LogP contribution in [0.4, 0.5) is 5.69 Å². The van der Waals surface area contributed by atoms with E-state index in [1.165, 1.54) is 17.7 Å². The Hall–Kier alpha value is -2.20. The zero-order valence-corrected chi connectivity index (χ0v) is 16.1. The van der Waals surface area contributed by atoms with Crippen LogP contribution in [0.1, 0.15) is 18.9 Å². The summed E-state index contributed by atoms with van der Waals surface area (Å²) in [6.07, 6.45) is 2.29. The highest BCUT2D eigenvalue weighted by Gasteiger charge is 2.22. The second kappa shape index (κ2) is 8.95. The van der Waals surface area contributed by atoms with Gasteiger partial charge in [0.05, 0.1) is 19.9 Å². The van der Waals surface area contributed by atoms with Crippen molar-refractivity contribution < 1.29 is 9.47 Å². The van der Waals surface area contributed by atoms with Crippen LogP contribution < -0.4 is 14.4 Å². The van der Waals surface area contributed by atoms with Gasteiger partial charge in [-0.2, -0.15) is 0 Å². The number of methoxy groups -OCH3 is 2. The second-order valence-electron chi connectivity index (χ2n) is 6.93. The van der Waals surface area contributed by atoms with E-state index in [1.54, 1.807) is 14.2 Å². The van der Waals surface area contributed by atoms with Crippen LogP contribution in [0.2, 0.25) is 0 Å². The van der Waals surface area contributed by atoms with Crippen LogP contribution in [-0.4, -0.2) is 51.3 Å². The van der Waals surface area contributed by atoms with Gasteiger partial charge in [-0.25, -0.2) is 0 Å². The third-order valence-corrected chi connectivity index (χ3v) is 5.37. The zero-order valence-electron chi connectivity index (χ0n) is 16.1. The molecule has 1 heterocycles. The molecule has 1 aliphatic rings. The van der Waals surface area contributed by atoms with Gasteiger partial charge in [0.25, 0.3) is 0 Å². The van der Waals surface area contributed by atoms with Crippen molar-refractivity contribution in [2.75, 3.05) is 45.3 Å². The minimum absolute atomic E-state index is 0.594. The summed E-state index contributed by atoms with van der Waals surface area (Å²) >= 11 is 0. The van der Waals surface area contributed by atoms with Crippen molar-refractivity contribution in [1.82, 2.24) is 4.90 Å². The number of para-hydroxylation sites is 2. The van der Waals surface area contributed by atoms with Crippen molar-refractivity contribution in [1.29, 1.82) is 0 Å². The van der Waals surface area contributed by atoms with Crippen LogP contribution >= 0.6 is 0 Å². The maximum atomic E-state index is 5.51. The van der Waals surface area contributed by atoms with Gasteiger partial charge in [-0.1, -0.05) is 24.3 Å². The van der Waals surface area contributed by atoms with E-state index in [2.05, 4.69) is 41.0 Å². The number of ether oxygens (including phenoxy) is 2. The second-order valence-corrected chi connectivity index (χ2v) is 6.93. The van der Waals surface area contributed by atoms with Gasteiger partial charge in [0.2, 0.25) is 0 Å². The van der Waals surface area contributed by atoms with Crippen LogP contribution in [0.25, 0.3) is 0 Å². The lowest BCUT2D eigenvalue weighted by Crippen LogP contribution is -2.49. The number of anilines is 1. The fraction of sp³-hybridized carbons (Fsp3) is 0.455. The molecule has 0 spiro atoms. The molecule has 0 radical (unpaired) electrons. The van der Waals surface area contributed by atoms with Gasteiger partial charge in [-0.05, 0) is 49.6 Å². The summed E-state index contributed by atoms with van der Waals surface area (Å²) in [5, 5.41) is 0. The predicted octanol–water partition coefficient (Wildman–Crippen LogP) is 3.85. The molecule has 3 rings (SSSR count). The maximum absolute atomic E-state index is 5.51. The van der Waals surface area contributed by atoms with E-state index in [0.29, 0.717) is 6.04 Å². The van der Waals surface area contributed by atoms with E-state index in [1.807, 2.05) is 24.3 Å². The first kappa shape index (κ1) is 18.6. The molecule has 1 saturated heterocycles. The number of piperazine rings is 1. The summed E-state index contributed by atoms with van der Waals surface area (Å²) in [4.78, 5) is 5.04. The largest absolute Gasteiger partial charge is 0.497 e. The molecule has 140 valence electrons. The molecule has 26 heavy (non-hydrogen) atoms. The maximum Gasteiger partial charge on any atom is 0.142 e. The van der Waals surface area contributed by atoms with Crippen LogP contribution in [0.3, 0.4) is 0 Å². The first-order valence-electron chi connectivity index (χ1n) is 9.46. The molecule has 0 N–H and O–H groups in total. The van der Waals surface area contributed by atoms with E-state index >= 15 is 0 Å². The minimum Gasteiger partial charge on any atom is -0.497 e. The summed E-state index contributed by atoms with van der Waals surface area (Å²) < 4.78 is 10.7. The SMILES string of the molecule is COc1ccc(CCC(C)N2CCN(c3ccccc3OC)CC2)cc1. The molecule has 4 heteroatoms. The Morgan fingerprint density at radius 1 is 0.885 bits per heavy atom. The Kier molecular flexibility index (Phi) is 6.40. The first-order chi connectivity index (χ1) is 12.7. The summed E-state index contributed by atoms with van der Waals surface area (Å²) in [6.45, 7) is 6.65. The van der Waals surface area contributed by atoms with Crippen molar-refractivity contribution in [3.63, 3.8) is 0 Å². The fourth-order valence-corrected chi connectivity index (χ4v) is 3.64. The predicted molar refractivity (Wildman–Crippen MR) is 108 cm³/mol. The van der Waals surface area contributed by atoms with Crippen LogP contribution in [-0.2, 0) is 6.42 Å². The Morgan fingerprint density at radius 2 is 1.58 bits per heavy atom. The Morgan fingerprint density at radius 3 is 2.23 bits per heavy atom. The highest BCUT2D eigenvalue weighted by atomic mass is 16.5. The summed E-state index contributed by atoms with van der Waals surface area (Å²) in [6, 6.07) is 17.3. The Bertz CT molecular complexity index is 679. The van der Waals surface area contributed by atoms with Gasteiger partial charge in [0.1, 0.15) is 11.5 Å². The average Bonchev–Trinajstić information content (AvgIpc) is 2.72. The molecule has 4 nitrogen and oxygen atoms in total. The monoisotopic (exact) mass is 354 g/mol. The van der Waals surface area contributed by atoms with Crippen LogP contribution in [0.15, 0.2) is 48.5 Å².